The fourth-order valence-electron chi connectivity index (χ4n) is 5.13. The summed E-state index contributed by atoms with van der Waals surface area (Å²) in [6.45, 7) is 13.5. The van der Waals surface area contributed by atoms with E-state index in [2.05, 4.69) is 72.1 Å². The van der Waals surface area contributed by atoms with Crippen molar-refractivity contribution in [3.8, 4) is 0 Å². The average Bonchev–Trinajstić information content (AvgIpc) is 3.76. The van der Waals surface area contributed by atoms with E-state index in [-0.39, 0.29) is 40.2 Å². The summed E-state index contributed by atoms with van der Waals surface area (Å²) in [5.74, 6) is -0.561. The highest BCUT2D eigenvalue weighted by Gasteiger charge is 2.42. The summed E-state index contributed by atoms with van der Waals surface area (Å²) in [5, 5.41) is 15.9. The van der Waals surface area contributed by atoms with E-state index < -0.39 is 29.0 Å². The van der Waals surface area contributed by atoms with Crippen molar-refractivity contribution in [3.63, 3.8) is 0 Å². The van der Waals surface area contributed by atoms with Crippen molar-refractivity contribution < 1.29 is 31.1 Å². The number of hydrogen-bond donors (Lipinski definition) is 4. The van der Waals surface area contributed by atoms with Crippen LogP contribution in [0.3, 0.4) is 0 Å². The van der Waals surface area contributed by atoms with Crippen molar-refractivity contribution in [1.82, 2.24) is 39.3 Å². The quantitative estimate of drug-likeness (QED) is 0.0953. The van der Waals surface area contributed by atoms with Crippen molar-refractivity contribution in [2.45, 2.75) is 85.4 Å². The molecule has 0 bridgehead atoms. The number of hydrogen-bond acceptors (Lipinski definition) is 12. The van der Waals surface area contributed by atoms with Crippen LogP contribution in [-0.4, -0.2) is 65.6 Å². The summed E-state index contributed by atoms with van der Waals surface area (Å²) in [6.07, 6.45) is -1.12. The van der Waals surface area contributed by atoms with E-state index in [4.69, 9.17) is 4.74 Å². The summed E-state index contributed by atoms with van der Waals surface area (Å²) >= 11 is 0. The van der Waals surface area contributed by atoms with Crippen molar-refractivity contribution >= 4 is 45.9 Å². The zero-order chi connectivity index (χ0) is 41.5. The van der Waals surface area contributed by atoms with E-state index in [1.54, 1.807) is 6.20 Å². The third-order valence-corrected chi connectivity index (χ3v) is 8.00. The van der Waals surface area contributed by atoms with Gasteiger partial charge in [-0.05, 0) is 37.3 Å². The minimum absolute atomic E-state index is 0.0326. The van der Waals surface area contributed by atoms with E-state index in [0.717, 1.165) is 42.8 Å². The Hall–Kier alpha value is -5.53. The van der Waals surface area contributed by atoms with Gasteiger partial charge in [-0.3, -0.25) is 4.79 Å². The van der Waals surface area contributed by atoms with Gasteiger partial charge in [0, 0.05) is 62.5 Å². The number of aromatic nitrogens is 8. The predicted octanol–water partition coefficient (Wildman–Crippen LogP) is 8.11. The van der Waals surface area contributed by atoms with Crippen LogP contribution in [0.2, 0.25) is 0 Å². The van der Waals surface area contributed by atoms with E-state index >= 15 is 0 Å². The number of pyridine rings is 1. The molecule has 14 nitrogen and oxygen atoms in total. The topological polar surface area (TPSA) is 162 Å². The van der Waals surface area contributed by atoms with Crippen LogP contribution in [0.4, 0.5) is 61.2 Å². The van der Waals surface area contributed by atoms with Gasteiger partial charge in [0.2, 0.25) is 11.9 Å². The molecule has 0 amide bonds. The Balaban J connectivity index is 0.000000238. The average molecular weight is 793 g/mol. The van der Waals surface area contributed by atoms with Gasteiger partial charge >= 0.3 is 12.4 Å². The van der Waals surface area contributed by atoms with Crippen LogP contribution in [0.5, 0.6) is 0 Å². The van der Waals surface area contributed by atoms with E-state index in [0.29, 0.717) is 18.8 Å². The Labute approximate surface area is 319 Å². The molecule has 1 fully saturated rings. The molecule has 4 N–H and O–H groups in total. The second-order valence-electron chi connectivity index (χ2n) is 14.0. The molecule has 0 radical (unpaired) electrons. The SMILES string of the molecule is CC.CNc1nc(Nc2cn(CC(C)(C)C)c3ncccc23)ncc1C(F)(F)F.COCCn1ncc(Nc2ncc(C(F)(F)F)c(NC3(C)CC3)n2)cc1=O. The van der Waals surface area contributed by atoms with Crippen LogP contribution < -0.4 is 26.8 Å². The minimum atomic E-state index is -4.57. The summed E-state index contributed by atoms with van der Waals surface area (Å²) in [6, 6.07) is 4.97. The number of fused-ring (bicyclic) bond motifs is 1. The first kappa shape index (κ1) is 43.2. The van der Waals surface area contributed by atoms with E-state index in [1.807, 2.05) is 43.7 Å². The fraction of sp³-hybridized carbons (Fsp3) is 0.472. The molecule has 20 heteroatoms. The smallest absolute Gasteiger partial charge is 0.383 e. The van der Waals surface area contributed by atoms with Gasteiger partial charge in [0.15, 0.2) is 0 Å². The molecule has 0 aliphatic heterocycles. The Morgan fingerprint density at radius 1 is 0.893 bits per heavy atom. The number of alkyl halides is 6. The second kappa shape index (κ2) is 17.5. The van der Waals surface area contributed by atoms with Gasteiger partial charge in [-0.1, -0.05) is 34.6 Å². The summed E-state index contributed by atoms with van der Waals surface area (Å²) in [4.78, 5) is 31.9. The molecule has 304 valence electrons. The first-order valence-corrected chi connectivity index (χ1v) is 17.7. The molecular weight excluding hydrogens is 746 g/mol. The Bertz CT molecular complexity index is 2140. The zero-order valence-corrected chi connectivity index (χ0v) is 32.3. The number of nitrogens with zero attached hydrogens (tertiary/aromatic N) is 8. The second-order valence-corrected chi connectivity index (χ2v) is 14.0. The molecule has 0 atom stereocenters. The van der Waals surface area contributed by atoms with Gasteiger partial charge in [-0.25, -0.2) is 19.6 Å². The number of methoxy groups -OCH3 is 1. The first-order valence-electron chi connectivity index (χ1n) is 17.7. The number of anilines is 6. The van der Waals surface area contributed by atoms with Crippen molar-refractivity contribution in [2.75, 3.05) is 42.0 Å². The van der Waals surface area contributed by atoms with Crippen LogP contribution in [0.25, 0.3) is 11.0 Å². The third-order valence-electron chi connectivity index (χ3n) is 8.00. The van der Waals surface area contributed by atoms with Crippen molar-refractivity contribution in [3.05, 3.63) is 70.7 Å². The first-order chi connectivity index (χ1) is 26.3. The summed E-state index contributed by atoms with van der Waals surface area (Å²) in [7, 11) is 2.90. The van der Waals surface area contributed by atoms with Gasteiger partial charge in [0.1, 0.15) is 28.4 Å². The highest BCUT2D eigenvalue weighted by molar-refractivity contribution is 5.92. The largest absolute Gasteiger partial charge is 0.421 e. The lowest BCUT2D eigenvalue weighted by molar-refractivity contribution is -0.138. The third kappa shape index (κ3) is 11.5. The minimum Gasteiger partial charge on any atom is -0.383 e. The van der Waals surface area contributed by atoms with E-state index in [9.17, 15) is 31.1 Å². The zero-order valence-electron chi connectivity index (χ0n) is 32.3. The molecule has 56 heavy (non-hydrogen) atoms. The number of nitrogens with one attached hydrogen (secondary N) is 4. The highest BCUT2D eigenvalue weighted by atomic mass is 19.4. The van der Waals surface area contributed by atoms with Crippen LogP contribution in [0.1, 0.15) is 65.5 Å². The molecule has 1 aliphatic rings. The van der Waals surface area contributed by atoms with Gasteiger partial charge in [-0.2, -0.15) is 41.4 Å². The molecular formula is C36H46F6N12O2. The Kier molecular flexibility index (Phi) is 13.5. The fourth-order valence-corrected chi connectivity index (χ4v) is 5.13. The van der Waals surface area contributed by atoms with Gasteiger partial charge < -0.3 is 30.6 Å². The van der Waals surface area contributed by atoms with Crippen LogP contribution in [0.15, 0.2) is 54.0 Å². The van der Waals surface area contributed by atoms with E-state index in [1.165, 1.54) is 31.1 Å². The molecule has 0 unspecified atom stereocenters. The van der Waals surface area contributed by atoms with Gasteiger partial charge in [0.25, 0.3) is 5.56 Å². The summed E-state index contributed by atoms with van der Waals surface area (Å²) < 4.78 is 86.7. The molecule has 5 aromatic rings. The Morgan fingerprint density at radius 3 is 2.05 bits per heavy atom. The monoisotopic (exact) mass is 792 g/mol. The maximum absolute atomic E-state index is 13.2. The summed E-state index contributed by atoms with van der Waals surface area (Å²) in [5.41, 5.74) is -0.841. The number of halogens is 6. The molecule has 6 rings (SSSR count). The number of rotatable bonds is 11. The van der Waals surface area contributed by atoms with Crippen molar-refractivity contribution in [2.24, 2.45) is 5.41 Å². The molecule has 0 saturated heterocycles. The maximum Gasteiger partial charge on any atom is 0.421 e. The molecule has 5 aromatic heterocycles. The van der Waals surface area contributed by atoms with Crippen LogP contribution in [0, 0.1) is 5.41 Å². The lowest BCUT2D eigenvalue weighted by Gasteiger charge is -2.19. The molecule has 1 aliphatic carbocycles. The van der Waals surface area contributed by atoms with Crippen LogP contribution >= 0.6 is 0 Å². The van der Waals surface area contributed by atoms with Crippen molar-refractivity contribution in [1.29, 1.82) is 0 Å². The molecule has 0 aromatic carbocycles. The standard InChI is InChI=1S/C18H21F3N6.C16H19F3N6O2.C2H6/c1-17(2,3)10-27-9-13(11-6-5-7-23-15(11)27)25-16-24-8-12(18(19,20)21)14(22-4)26-16;1-15(3-4-15)24-13-11(16(17,18)19)9-20-14(23-13)22-10-7-12(26)25(21-8-10)5-6-27-2;1-2/h5-9H,10H2,1-4H3,(H2,22,24,25,26);7-9H,3-6H2,1-2H3,(H2,20,22,23,24);1-2H3. The van der Waals surface area contributed by atoms with Gasteiger partial charge in [-0.15, -0.1) is 0 Å². The number of ether oxygens (including phenoxy) is 1. The van der Waals surface area contributed by atoms with Crippen LogP contribution in [-0.2, 0) is 30.2 Å². The Morgan fingerprint density at radius 2 is 1.50 bits per heavy atom. The molecule has 5 heterocycles. The normalized spacial score (nSPS) is 13.5. The predicted molar refractivity (Wildman–Crippen MR) is 202 cm³/mol. The lowest BCUT2D eigenvalue weighted by Crippen LogP contribution is -2.24. The van der Waals surface area contributed by atoms with Gasteiger partial charge in [0.05, 0.1) is 30.7 Å². The lowest BCUT2D eigenvalue weighted by atomic mass is 9.97. The maximum atomic E-state index is 13.2. The highest BCUT2D eigenvalue weighted by Crippen LogP contribution is 2.42. The molecule has 0 spiro atoms. The molecule has 1 saturated carbocycles.